The van der Waals surface area contributed by atoms with Gasteiger partial charge in [-0.25, -0.2) is 4.90 Å². The molecule has 3 fully saturated rings. The van der Waals surface area contributed by atoms with Crippen LogP contribution in [0.15, 0.2) is 48.5 Å². The number of imide groups is 1. The summed E-state index contributed by atoms with van der Waals surface area (Å²) in [6.45, 7) is 4.72. The number of Topliss-reactive ketones (excluding diaryl/α,β-unsaturated/α-hetero) is 1. The van der Waals surface area contributed by atoms with Gasteiger partial charge in [0.15, 0.2) is 5.78 Å². The van der Waals surface area contributed by atoms with Crippen LogP contribution in [0.1, 0.15) is 34.3 Å². The van der Waals surface area contributed by atoms with Gasteiger partial charge in [0.05, 0.1) is 23.6 Å². The molecule has 3 heterocycles. The first-order valence-corrected chi connectivity index (χ1v) is 10.3. The lowest BCUT2D eigenvalue weighted by Crippen LogP contribution is -2.46. The molecule has 5 heteroatoms. The second kappa shape index (κ2) is 6.63. The van der Waals surface area contributed by atoms with E-state index < -0.39 is 17.9 Å². The van der Waals surface area contributed by atoms with Gasteiger partial charge in [0.1, 0.15) is 0 Å². The van der Waals surface area contributed by atoms with E-state index in [1.54, 1.807) is 0 Å². The number of rotatable bonds is 3. The van der Waals surface area contributed by atoms with Gasteiger partial charge in [-0.05, 0) is 45.4 Å². The van der Waals surface area contributed by atoms with Crippen LogP contribution in [0.4, 0.5) is 5.69 Å². The van der Waals surface area contributed by atoms with E-state index in [2.05, 4.69) is 4.90 Å². The van der Waals surface area contributed by atoms with Crippen LogP contribution >= 0.6 is 0 Å². The van der Waals surface area contributed by atoms with Crippen LogP contribution < -0.4 is 4.90 Å². The van der Waals surface area contributed by atoms with Crippen molar-refractivity contribution in [1.82, 2.24) is 4.90 Å². The molecule has 3 aliphatic rings. The quantitative estimate of drug-likeness (QED) is 0.599. The van der Waals surface area contributed by atoms with E-state index in [0.29, 0.717) is 11.3 Å². The molecule has 3 saturated heterocycles. The van der Waals surface area contributed by atoms with Gasteiger partial charge >= 0.3 is 0 Å². The van der Waals surface area contributed by atoms with Crippen LogP contribution in [0.25, 0.3) is 0 Å². The molecule has 2 aromatic rings. The Morgan fingerprint density at radius 1 is 0.862 bits per heavy atom. The van der Waals surface area contributed by atoms with Crippen LogP contribution in [0.2, 0.25) is 0 Å². The monoisotopic (exact) mass is 388 g/mol. The smallest absolute Gasteiger partial charge is 0.239 e. The highest BCUT2D eigenvalue weighted by Gasteiger charge is 2.64. The molecule has 3 aliphatic heterocycles. The van der Waals surface area contributed by atoms with Gasteiger partial charge in [-0.1, -0.05) is 47.5 Å². The van der Waals surface area contributed by atoms with Crippen molar-refractivity contribution in [2.24, 2.45) is 11.8 Å². The molecule has 29 heavy (non-hydrogen) atoms. The number of hydrogen-bond acceptors (Lipinski definition) is 4. The van der Waals surface area contributed by atoms with Crippen molar-refractivity contribution in [3.8, 4) is 0 Å². The summed E-state index contributed by atoms with van der Waals surface area (Å²) in [5.74, 6) is -1.45. The van der Waals surface area contributed by atoms with E-state index in [0.717, 1.165) is 30.5 Å². The molecule has 0 N–H and O–H groups in total. The summed E-state index contributed by atoms with van der Waals surface area (Å²) in [4.78, 5) is 43.7. The topological polar surface area (TPSA) is 57.7 Å². The van der Waals surface area contributed by atoms with Crippen LogP contribution in [0.5, 0.6) is 0 Å². The molecule has 0 spiro atoms. The fourth-order valence-electron chi connectivity index (χ4n) is 5.35. The highest BCUT2D eigenvalue weighted by atomic mass is 16.2. The molecule has 0 unspecified atom stereocenters. The first kappa shape index (κ1) is 18.3. The Bertz CT molecular complexity index is 996. The average Bonchev–Trinajstić information content (AvgIpc) is 3.35. The minimum absolute atomic E-state index is 0.0219. The summed E-state index contributed by atoms with van der Waals surface area (Å²) in [5.41, 5.74) is 3.37. The average molecular weight is 388 g/mol. The minimum atomic E-state index is -0.595. The minimum Gasteiger partial charge on any atom is -0.292 e. The van der Waals surface area contributed by atoms with E-state index in [1.807, 2.05) is 62.4 Å². The molecule has 0 aromatic heterocycles. The Kier molecular flexibility index (Phi) is 4.17. The van der Waals surface area contributed by atoms with Gasteiger partial charge in [-0.3, -0.25) is 19.3 Å². The number of aryl methyl sites for hydroxylation is 2. The molecule has 148 valence electrons. The van der Waals surface area contributed by atoms with Crippen molar-refractivity contribution in [2.45, 2.75) is 38.8 Å². The lowest BCUT2D eigenvalue weighted by molar-refractivity contribution is -0.123. The van der Waals surface area contributed by atoms with E-state index in [1.165, 1.54) is 4.90 Å². The normalized spacial score (nSPS) is 28.7. The molecule has 0 radical (unpaired) electrons. The maximum Gasteiger partial charge on any atom is 0.239 e. The molecular formula is C24H24N2O3. The largest absolute Gasteiger partial charge is 0.292 e. The lowest BCUT2D eigenvalue weighted by Gasteiger charge is -2.27. The molecule has 5 rings (SSSR count). The molecule has 0 aliphatic carbocycles. The number of nitrogens with zero attached hydrogens (tertiary/aromatic N) is 2. The Hall–Kier alpha value is -2.79. The highest BCUT2D eigenvalue weighted by molar-refractivity contribution is 6.24. The van der Waals surface area contributed by atoms with E-state index in [4.69, 9.17) is 0 Å². The Labute approximate surface area is 170 Å². The molecular weight excluding hydrogens is 364 g/mol. The third-order valence-corrected chi connectivity index (χ3v) is 6.75. The van der Waals surface area contributed by atoms with E-state index in [-0.39, 0.29) is 23.6 Å². The summed E-state index contributed by atoms with van der Waals surface area (Å²) in [6, 6.07) is 14.4. The molecule has 0 saturated carbocycles. The summed E-state index contributed by atoms with van der Waals surface area (Å²) in [5, 5.41) is 0. The molecule has 0 bridgehead atoms. The zero-order valence-corrected chi connectivity index (χ0v) is 16.7. The van der Waals surface area contributed by atoms with Crippen molar-refractivity contribution < 1.29 is 14.4 Å². The Balaban J connectivity index is 1.54. The van der Waals surface area contributed by atoms with Gasteiger partial charge in [-0.15, -0.1) is 0 Å². The lowest BCUT2D eigenvalue weighted by atomic mass is 9.85. The zero-order valence-electron chi connectivity index (χ0n) is 16.7. The van der Waals surface area contributed by atoms with Gasteiger partial charge in [-0.2, -0.15) is 0 Å². The summed E-state index contributed by atoms with van der Waals surface area (Å²) in [6.07, 6.45) is 1.82. The maximum absolute atomic E-state index is 13.5. The number of fused-ring (bicyclic) bond motifs is 3. The van der Waals surface area contributed by atoms with Crippen molar-refractivity contribution in [1.29, 1.82) is 0 Å². The van der Waals surface area contributed by atoms with Crippen molar-refractivity contribution in [2.75, 3.05) is 11.4 Å². The standard InChI is InChI=1S/C24H24N2O3/c1-14-5-9-16(10-6-14)22(27)21-20-19(18-4-3-13-25(18)21)23(28)26(24(20)29)17-11-7-15(2)8-12-17/h5-12,18-21H,3-4,13H2,1-2H3/t18-,19-,20+,21-/m1/s1. The third kappa shape index (κ3) is 2.68. The van der Waals surface area contributed by atoms with E-state index in [9.17, 15) is 14.4 Å². The molecule has 4 atom stereocenters. The summed E-state index contributed by atoms with van der Waals surface area (Å²) >= 11 is 0. The predicted molar refractivity (Wildman–Crippen MR) is 110 cm³/mol. The summed E-state index contributed by atoms with van der Waals surface area (Å²) < 4.78 is 0. The number of carbonyl (C=O) groups is 3. The molecule has 2 aromatic carbocycles. The number of amides is 2. The van der Waals surface area contributed by atoms with Gasteiger partial charge in [0.2, 0.25) is 11.8 Å². The van der Waals surface area contributed by atoms with Crippen LogP contribution in [0, 0.1) is 25.7 Å². The first-order chi connectivity index (χ1) is 14.0. The van der Waals surface area contributed by atoms with Crippen molar-refractivity contribution in [3.63, 3.8) is 0 Å². The fourth-order valence-corrected chi connectivity index (χ4v) is 5.35. The summed E-state index contributed by atoms with van der Waals surface area (Å²) in [7, 11) is 0. The van der Waals surface area contributed by atoms with Crippen LogP contribution in [0.3, 0.4) is 0 Å². The molecule has 2 amide bonds. The first-order valence-electron chi connectivity index (χ1n) is 10.3. The second-order valence-corrected chi connectivity index (χ2v) is 8.52. The second-order valence-electron chi connectivity index (χ2n) is 8.52. The maximum atomic E-state index is 13.5. The Morgan fingerprint density at radius 3 is 2.10 bits per heavy atom. The Morgan fingerprint density at radius 2 is 1.45 bits per heavy atom. The number of benzene rings is 2. The highest BCUT2D eigenvalue weighted by Crippen LogP contribution is 2.48. The van der Waals surface area contributed by atoms with Crippen molar-refractivity contribution >= 4 is 23.3 Å². The van der Waals surface area contributed by atoms with Crippen LogP contribution in [-0.4, -0.2) is 41.1 Å². The number of hydrogen-bond donors (Lipinski definition) is 0. The predicted octanol–water partition coefficient (Wildman–Crippen LogP) is 3.14. The fraction of sp³-hybridized carbons (Fsp3) is 0.375. The number of anilines is 1. The third-order valence-electron chi connectivity index (χ3n) is 6.75. The van der Waals surface area contributed by atoms with Gasteiger partial charge in [0.25, 0.3) is 0 Å². The van der Waals surface area contributed by atoms with Gasteiger partial charge < -0.3 is 0 Å². The zero-order chi connectivity index (χ0) is 20.3. The van der Waals surface area contributed by atoms with Crippen LogP contribution in [-0.2, 0) is 9.59 Å². The van der Waals surface area contributed by atoms with Gasteiger partial charge in [0, 0.05) is 11.6 Å². The van der Waals surface area contributed by atoms with Crippen molar-refractivity contribution in [3.05, 3.63) is 65.2 Å². The van der Waals surface area contributed by atoms with E-state index >= 15 is 0 Å². The number of ketones is 1. The molecule has 5 nitrogen and oxygen atoms in total. The number of carbonyl (C=O) groups excluding carboxylic acids is 3. The SMILES string of the molecule is Cc1ccc(C(=O)[C@H]2[C@H]3C(=O)N(c4ccc(C)cc4)C(=O)[C@@H]3[C@H]3CCCN32)cc1.